The SMILES string of the molecule is CCS(=O)(=O)Nc1cccc(-c2cc(=O)n(-c3ccc(C(=O)NC)c(F)c3)nc2C)c1. The molecule has 0 saturated heterocycles. The fourth-order valence-corrected chi connectivity index (χ4v) is 3.61. The molecule has 3 rings (SSSR count). The van der Waals surface area contributed by atoms with Crippen LogP contribution in [0, 0.1) is 12.7 Å². The molecule has 8 nitrogen and oxygen atoms in total. The van der Waals surface area contributed by atoms with Gasteiger partial charge in [-0.2, -0.15) is 9.78 Å². The first kappa shape index (κ1) is 22.2. The molecular weight excluding hydrogens is 423 g/mol. The Bertz CT molecular complexity index is 1320. The lowest BCUT2D eigenvalue weighted by atomic mass is 10.0. The topological polar surface area (TPSA) is 110 Å². The number of benzene rings is 2. The van der Waals surface area contributed by atoms with Gasteiger partial charge in [0.15, 0.2) is 0 Å². The third-order valence-corrected chi connectivity index (χ3v) is 5.92. The van der Waals surface area contributed by atoms with Gasteiger partial charge in [0, 0.05) is 30.4 Å². The fraction of sp³-hybridized carbons (Fsp3) is 0.190. The van der Waals surface area contributed by atoms with Crippen molar-refractivity contribution in [3.05, 3.63) is 76.0 Å². The maximum Gasteiger partial charge on any atom is 0.272 e. The fourth-order valence-electron chi connectivity index (χ4n) is 2.98. The van der Waals surface area contributed by atoms with Gasteiger partial charge in [-0.25, -0.2) is 12.8 Å². The molecule has 0 radical (unpaired) electrons. The summed E-state index contributed by atoms with van der Waals surface area (Å²) in [6.07, 6.45) is 0. The van der Waals surface area contributed by atoms with Crippen molar-refractivity contribution in [3.63, 3.8) is 0 Å². The Morgan fingerprint density at radius 2 is 1.90 bits per heavy atom. The van der Waals surface area contributed by atoms with Crippen molar-refractivity contribution in [2.75, 3.05) is 17.5 Å². The summed E-state index contributed by atoms with van der Waals surface area (Å²) in [7, 11) is -2.05. The summed E-state index contributed by atoms with van der Waals surface area (Å²) in [6, 6.07) is 11.7. The predicted octanol–water partition coefficient (Wildman–Crippen LogP) is 2.47. The molecule has 1 aromatic heterocycles. The molecule has 0 atom stereocenters. The molecule has 0 aliphatic heterocycles. The number of aromatic nitrogens is 2. The quantitative estimate of drug-likeness (QED) is 0.607. The van der Waals surface area contributed by atoms with Crippen molar-refractivity contribution < 1.29 is 17.6 Å². The van der Waals surface area contributed by atoms with E-state index < -0.39 is 27.3 Å². The molecule has 0 unspecified atom stereocenters. The Morgan fingerprint density at radius 1 is 1.16 bits per heavy atom. The summed E-state index contributed by atoms with van der Waals surface area (Å²) in [4.78, 5) is 24.4. The Hall–Kier alpha value is -3.53. The Kier molecular flexibility index (Phi) is 6.21. The van der Waals surface area contributed by atoms with Gasteiger partial charge in [-0.05, 0) is 43.7 Å². The van der Waals surface area contributed by atoms with Crippen molar-refractivity contribution >= 4 is 21.6 Å². The second-order valence-corrected chi connectivity index (χ2v) is 8.73. The van der Waals surface area contributed by atoms with Gasteiger partial charge in [0.1, 0.15) is 5.82 Å². The Labute approximate surface area is 178 Å². The monoisotopic (exact) mass is 444 g/mol. The highest BCUT2D eigenvalue weighted by atomic mass is 32.2. The largest absolute Gasteiger partial charge is 0.355 e. The molecule has 0 bridgehead atoms. The zero-order valence-corrected chi connectivity index (χ0v) is 18.0. The van der Waals surface area contributed by atoms with Crippen LogP contribution in [0.2, 0.25) is 0 Å². The molecule has 1 heterocycles. The molecule has 0 aliphatic carbocycles. The Balaban J connectivity index is 2.01. The van der Waals surface area contributed by atoms with Gasteiger partial charge in [-0.1, -0.05) is 12.1 Å². The summed E-state index contributed by atoms with van der Waals surface area (Å²) >= 11 is 0. The number of anilines is 1. The summed E-state index contributed by atoms with van der Waals surface area (Å²) in [6.45, 7) is 3.22. The molecule has 2 aromatic carbocycles. The van der Waals surface area contributed by atoms with Crippen molar-refractivity contribution in [3.8, 4) is 16.8 Å². The van der Waals surface area contributed by atoms with E-state index in [1.807, 2.05) is 0 Å². The molecule has 3 aromatic rings. The molecule has 0 saturated carbocycles. The number of amides is 1. The van der Waals surface area contributed by atoms with Crippen molar-refractivity contribution in [2.24, 2.45) is 0 Å². The first-order chi connectivity index (χ1) is 14.6. The average molecular weight is 444 g/mol. The summed E-state index contributed by atoms with van der Waals surface area (Å²) in [5, 5.41) is 6.62. The number of hydrogen-bond acceptors (Lipinski definition) is 5. The summed E-state index contributed by atoms with van der Waals surface area (Å²) < 4.78 is 41.4. The predicted molar refractivity (Wildman–Crippen MR) is 116 cm³/mol. The lowest BCUT2D eigenvalue weighted by Crippen LogP contribution is -2.23. The number of carbonyl (C=O) groups is 1. The molecule has 1 amide bonds. The lowest BCUT2D eigenvalue weighted by molar-refractivity contribution is 0.0959. The lowest BCUT2D eigenvalue weighted by Gasteiger charge is -2.12. The number of carbonyl (C=O) groups excluding carboxylic acids is 1. The van der Waals surface area contributed by atoms with E-state index >= 15 is 0 Å². The zero-order valence-electron chi connectivity index (χ0n) is 17.1. The van der Waals surface area contributed by atoms with Crippen LogP contribution in [0.4, 0.5) is 10.1 Å². The van der Waals surface area contributed by atoms with E-state index in [-0.39, 0.29) is 17.0 Å². The summed E-state index contributed by atoms with van der Waals surface area (Å²) in [5.41, 5.74) is 1.49. The van der Waals surface area contributed by atoms with Gasteiger partial charge >= 0.3 is 0 Å². The molecular formula is C21H21FN4O4S. The number of aryl methyl sites for hydroxylation is 1. The highest BCUT2D eigenvalue weighted by Crippen LogP contribution is 2.24. The number of sulfonamides is 1. The second kappa shape index (κ2) is 8.68. The highest BCUT2D eigenvalue weighted by molar-refractivity contribution is 7.92. The molecule has 162 valence electrons. The van der Waals surface area contributed by atoms with Crippen LogP contribution >= 0.6 is 0 Å². The smallest absolute Gasteiger partial charge is 0.272 e. The van der Waals surface area contributed by atoms with E-state index in [2.05, 4.69) is 15.1 Å². The van der Waals surface area contributed by atoms with Crippen LogP contribution in [0.3, 0.4) is 0 Å². The van der Waals surface area contributed by atoms with E-state index in [0.29, 0.717) is 22.5 Å². The maximum absolute atomic E-state index is 14.3. The van der Waals surface area contributed by atoms with E-state index in [1.165, 1.54) is 32.2 Å². The number of halogens is 1. The van der Waals surface area contributed by atoms with Crippen LogP contribution in [-0.4, -0.2) is 36.9 Å². The van der Waals surface area contributed by atoms with Crippen LogP contribution in [0.25, 0.3) is 16.8 Å². The van der Waals surface area contributed by atoms with Crippen LogP contribution < -0.4 is 15.6 Å². The molecule has 10 heteroatoms. The van der Waals surface area contributed by atoms with E-state index in [9.17, 15) is 22.4 Å². The Morgan fingerprint density at radius 3 is 2.55 bits per heavy atom. The normalized spacial score (nSPS) is 11.2. The summed E-state index contributed by atoms with van der Waals surface area (Å²) in [5.74, 6) is -1.42. The van der Waals surface area contributed by atoms with Crippen molar-refractivity contribution in [1.82, 2.24) is 15.1 Å². The van der Waals surface area contributed by atoms with Crippen LogP contribution in [-0.2, 0) is 10.0 Å². The van der Waals surface area contributed by atoms with Gasteiger partial charge in [0.2, 0.25) is 10.0 Å². The van der Waals surface area contributed by atoms with Gasteiger partial charge in [-0.15, -0.1) is 0 Å². The molecule has 0 spiro atoms. The highest BCUT2D eigenvalue weighted by Gasteiger charge is 2.15. The third-order valence-electron chi connectivity index (χ3n) is 4.61. The van der Waals surface area contributed by atoms with E-state index in [4.69, 9.17) is 0 Å². The third kappa shape index (κ3) is 4.80. The average Bonchev–Trinajstić information content (AvgIpc) is 2.74. The van der Waals surface area contributed by atoms with Gasteiger partial charge in [-0.3, -0.25) is 14.3 Å². The van der Waals surface area contributed by atoms with E-state index in [0.717, 1.165) is 10.7 Å². The molecule has 31 heavy (non-hydrogen) atoms. The maximum atomic E-state index is 14.3. The van der Waals surface area contributed by atoms with Gasteiger partial charge < -0.3 is 5.32 Å². The van der Waals surface area contributed by atoms with Crippen molar-refractivity contribution in [2.45, 2.75) is 13.8 Å². The molecule has 2 N–H and O–H groups in total. The zero-order chi connectivity index (χ0) is 22.8. The van der Waals surface area contributed by atoms with Gasteiger partial charge in [0.05, 0.1) is 22.7 Å². The first-order valence-electron chi connectivity index (χ1n) is 9.39. The van der Waals surface area contributed by atoms with Crippen LogP contribution in [0.15, 0.2) is 53.3 Å². The molecule has 0 aliphatic rings. The standard InChI is InChI=1S/C21H21FN4O4S/c1-4-31(29,30)25-15-7-5-6-14(10-15)18-12-20(27)26(24-13(18)2)16-8-9-17(19(22)11-16)21(28)23-3/h5-12,25H,4H2,1-3H3,(H,23,28). The van der Waals surface area contributed by atoms with E-state index in [1.54, 1.807) is 31.2 Å². The van der Waals surface area contributed by atoms with Crippen LogP contribution in [0.1, 0.15) is 23.0 Å². The minimum atomic E-state index is -3.44. The number of nitrogens with zero attached hydrogens (tertiary/aromatic N) is 2. The number of hydrogen-bond donors (Lipinski definition) is 2. The molecule has 0 fully saturated rings. The number of rotatable bonds is 6. The minimum absolute atomic E-state index is 0.0663. The number of nitrogens with one attached hydrogen (secondary N) is 2. The minimum Gasteiger partial charge on any atom is -0.355 e. The first-order valence-corrected chi connectivity index (χ1v) is 11.0. The van der Waals surface area contributed by atoms with Crippen molar-refractivity contribution in [1.29, 1.82) is 0 Å². The van der Waals surface area contributed by atoms with Crippen LogP contribution in [0.5, 0.6) is 0 Å². The second-order valence-electron chi connectivity index (χ2n) is 6.72. The van der Waals surface area contributed by atoms with Gasteiger partial charge in [0.25, 0.3) is 11.5 Å².